The van der Waals surface area contributed by atoms with Crippen molar-refractivity contribution >= 4 is 14.0 Å². The van der Waals surface area contributed by atoms with Crippen LogP contribution in [0.15, 0.2) is 59.4 Å². The Kier molecular flexibility index (Phi) is 7.99. The molecule has 0 saturated heterocycles. The molecule has 108 valence electrons. The predicted molar refractivity (Wildman–Crippen MR) is 94.6 cm³/mol. The Labute approximate surface area is 125 Å². The molecule has 1 aliphatic carbocycles. The van der Waals surface area contributed by atoms with Crippen LogP contribution in [0.2, 0.25) is 0 Å². The van der Waals surface area contributed by atoms with Gasteiger partial charge in [0.25, 0.3) is 0 Å². The fourth-order valence-electron chi connectivity index (χ4n) is 1.93. The number of hydrogen-bond acceptors (Lipinski definition) is 1. The summed E-state index contributed by atoms with van der Waals surface area (Å²) in [6.45, 7) is 4.27. The number of nitrogens with zero attached hydrogens (tertiary/aromatic N) is 1. The summed E-state index contributed by atoms with van der Waals surface area (Å²) >= 11 is 0. The Hall–Kier alpha value is -1.33. The number of hydrogen-bond donors (Lipinski definition) is 0. The van der Waals surface area contributed by atoms with Crippen LogP contribution in [0, 0.1) is 0 Å². The molecule has 1 aliphatic rings. The Bertz CT molecular complexity index is 474. The third-order valence-corrected chi connectivity index (χ3v) is 3.97. The largest absolute Gasteiger partial charge is 0.381 e. The zero-order valence-corrected chi connectivity index (χ0v) is 14.0. The second-order valence-electron chi connectivity index (χ2n) is 4.92. The zero-order valence-electron chi connectivity index (χ0n) is 13.1. The molecule has 0 amide bonds. The van der Waals surface area contributed by atoms with Crippen LogP contribution in [-0.2, 0) is 0 Å². The quantitative estimate of drug-likeness (QED) is 0.492. The van der Waals surface area contributed by atoms with E-state index in [-0.39, 0.29) is 0 Å². The molecule has 2 heteroatoms. The van der Waals surface area contributed by atoms with Gasteiger partial charge in [-0.05, 0) is 48.9 Å². The van der Waals surface area contributed by atoms with E-state index < -0.39 is 0 Å². The van der Waals surface area contributed by atoms with Crippen LogP contribution >= 0.6 is 8.20 Å². The first-order chi connectivity index (χ1) is 9.67. The highest BCUT2D eigenvalue weighted by Crippen LogP contribution is 2.20. The van der Waals surface area contributed by atoms with Gasteiger partial charge in [0.1, 0.15) is 0 Å². The van der Waals surface area contributed by atoms with Gasteiger partial charge in [0.15, 0.2) is 0 Å². The van der Waals surface area contributed by atoms with Crippen molar-refractivity contribution in [3.05, 3.63) is 59.4 Å². The molecular weight excluding hydrogens is 261 g/mol. The zero-order chi connectivity index (χ0) is 14.8. The van der Waals surface area contributed by atoms with Gasteiger partial charge in [-0.25, -0.2) is 0 Å². The molecule has 0 bridgehead atoms. The minimum Gasteiger partial charge on any atom is -0.381 e. The molecule has 0 heterocycles. The highest BCUT2D eigenvalue weighted by molar-refractivity contribution is 7.38. The van der Waals surface area contributed by atoms with Crippen molar-refractivity contribution in [2.45, 2.75) is 26.7 Å². The standard InChI is InChI=1S/C18H26NP/c1-5-16(8-7-15-20-6-2)9-10-17-11-13-18(14-12-17)19(3)4/h5,7-11,13,15H,6,12,14H2,1-4H3/b8-7-,10-9+,16-5+. The molecule has 20 heavy (non-hydrogen) atoms. The van der Waals surface area contributed by atoms with Gasteiger partial charge in [-0.1, -0.05) is 43.4 Å². The lowest BCUT2D eigenvalue weighted by atomic mass is 10.0. The third-order valence-electron chi connectivity index (χ3n) is 3.22. The molecule has 0 fully saturated rings. The molecule has 0 aromatic carbocycles. The predicted octanol–water partition coefficient (Wildman–Crippen LogP) is 4.98. The monoisotopic (exact) mass is 287 g/mol. The van der Waals surface area contributed by atoms with Crippen LogP contribution in [0.25, 0.3) is 0 Å². The van der Waals surface area contributed by atoms with Crippen molar-refractivity contribution in [1.29, 1.82) is 0 Å². The highest BCUT2D eigenvalue weighted by atomic mass is 31.1. The Balaban J connectivity index is 2.63. The Morgan fingerprint density at radius 1 is 1.25 bits per heavy atom. The van der Waals surface area contributed by atoms with E-state index in [1.54, 1.807) is 0 Å². The fourth-order valence-corrected chi connectivity index (χ4v) is 2.34. The molecule has 0 aliphatic heterocycles. The van der Waals surface area contributed by atoms with E-state index in [4.69, 9.17) is 0 Å². The van der Waals surface area contributed by atoms with Crippen molar-refractivity contribution in [2.75, 3.05) is 20.3 Å². The van der Waals surface area contributed by atoms with Crippen molar-refractivity contribution in [3.8, 4) is 0 Å². The Morgan fingerprint density at radius 3 is 2.60 bits per heavy atom. The van der Waals surface area contributed by atoms with Gasteiger partial charge in [-0.2, -0.15) is 0 Å². The van der Waals surface area contributed by atoms with Gasteiger partial charge in [0.05, 0.1) is 0 Å². The summed E-state index contributed by atoms with van der Waals surface area (Å²) in [7, 11) is 5.59. The van der Waals surface area contributed by atoms with E-state index in [9.17, 15) is 0 Å². The lowest BCUT2D eigenvalue weighted by molar-refractivity contribution is 0.484. The minimum atomic E-state index is 1.13. The highest BCUT2D eigenvalue weighted by Gasteiger charge is 2.05. The maximum absolute atomic E-state index is 2.24. The number of allylic oxidation sites excluding steroid dienone is 10. The van der Waals surface area contributed by atoms with E-state index >= 15 is 0 Å². The summed E-state index contributed by atoms with van der Waals surface area (Å²) in [4.78, 5) is 2.19. The maximum atomic E-state index is 2.24. The van der Waals surface area contributed by atoms with E-state index in [2.05, 4.69) is 81.2 Å². The van der Waals surface area contributed by atoms with Crippen LogP contribution in [0.1, 0.15) is 26.7 Å². The molecule has 0 N–H and O–H groups in total. The molecular formula is C18H26NP. The first-order valence-electron chi connectivity index (χ1n) is 7.25. The number of rotatable bonds is 6. The third kappa shape index (κ3) is 6.21. The van der Waals surface area contributed by atoms with Crippen molar-refractivity contribution in [3.63, 3.8) is 0 Å². The van der Waals surface area contributed by atoms with Gasteiger partial charge in [-0.3, -0.25) is 0 Å². The minimum absolute atomic E-state index is 1.13. The molecule has 0 radical (unpaired) electrons. The van der Waals surface area contributed by atoms with E-state index in [1.807, 2.05) is 0 Å². The van der Waals surface area contributed by atoms with Gasteiger partial charge in [0, 0.05) is 19.8 Å². The normalized spacial score (nSPS) is 17.1. The van der Waals surface area contributed by atoms with Crippen LogP contribution < -0.4 is 0 Å². The van der Waals surface area contributed by atoms with Gasteiger partial charge < -0.3 is 4.90 Å². The molecule has 0 aromatic heterocycles. The summed E-state index contributed by atoms with van der Waals surface area (Å²) in [5, 5.41) is 0. The van der Waals surface area contributed by atoms with Gasteiger partial charge in [-0.15, -0.1) is 8.20 Å². The lowest BCUT2D eigenvalue weighted by Crippen LogP contribution is -2.12. The van der Waals surface area contributed by atoms with Crippen LogP contribution in [-0.4, -0.2) is 31.0 Å². The summed E-state index contributed by atoms with van der Waals surface area (Å²) in [6.07, 6.45) is 18.8. The van der Waals surface area contributed by atoms with E-state index in [0.717, 1.165) is 12.8 Å². The van der Waals surface area contributed by atoms with Crippen LogP contribution in [0.3, 0.4) is 0 Å². The SMILES string of the molecule is C/C=C(\C=C/C=PCC)/C=C/C1=CC=C(N(C)C)CC1. The van der Waals surface area contributed by atoms with Gasteiger partial charge in [0.2, 0.25) is 0 Å². The summed E-state index contributed by atoms with van der Waals surface area (Å²) in [5.74, 6) is 2.20. The lowest BCUT2D eigenvalue weighted by Gasteiger charge is -2.20. The average molecular weight is 287 g/mol. The molecule has 0 atom stereocenters. The second kappa shape index (κ2) is 9.55. The first kappa shape index (κ1) is 16.7. The molecule has 1 nitrogen and oxygen atoms in total. The average Bonchev–Trinajstić information content (AvgIpc) is 2.47. The summed E-state index contributed by atoms with van der Waals surface area (Å²) in [6, 6.07) is 0. The van der Waals surface area contributed by atoms with E-state index in [1.165, 1.54) is 31.2 Å². The van der Waals surface area contributed by atoms with Crippen LogP contribution in [0.4, 0.5) is 0 Å². The topological polar surface area (TPSA) is 3.24 Å². The van der Waals surface area contributed by atoms with E-state index in [0.29, 0.717) is 0 Å². The smallest absolute Gasteiger partial charge is 0.0131 e. The maximum Gasteiger partial charge on any atom is 0.0131 e. The summed E-state index contributed by atoms with van der Waals surface area (Å²) in [5.41, 5.74) is 4.07. The fraction of sp³-hybridized carbons (Fsp3) is 0.389. The molecule has 1 rings (SSSR count). The van der Waals surface area contributed by atoms with Crippen molar-refractivity contribution < 1.29 is 0 Å². The molecule has 0 saturated carbocycles. The first-order valence-corrected chi connectivity index (χ1v) is 8.40. The van der Waals surface area contributed by atoms with Crippen LogP contribution in [0.5, 0.6) is 0 Å². The second-order valence-corrected chi connectivity index (χ2v) is 6.22. The Morgan fingerprint density at radius 2 is 2.05 bits per heavy atom. The van der Waals surface area contributed by atoms with Crippen molar-refractivity contribution in [1.82, 2.24) is 4.90 Å². The summed E-state index contributed by atoms with van der Waals surface area (Å²) < 4.78 is 0. The molecule has 0 spiro atoms. The molecule has 0 aromatic rings. The van der Waals surface area contributed by atoms with Gasteiger partial charge >= 0.3 is 0 Å². The van der Waals surface area contributed by atoms with Crippen molar-refractivity contribution in [2.24, 2.45) is 0 Å². The molecule has 0 unspecified atom stereocenters.